The molecule has 3 unspecified atom stereocenters. The molecule has 3 rings (SSSR count). The largest absolute Gasteiger partial charge is 0.352 e. The Hall–Kier alpha value is -1.99. The van der Waals surface area contributed by atoms with Crippen LogP contribution in [0.15, 0.2) is 24.3 Å². The van der Waals surface area contributed by atoms with Crippen LogP contribution in [0.4, 0.5) is 10.1 Å². The fourth-order valence-corrected chi connectivity index (χ4v) is 4.32. The van der Waals surface area contributed by atoms with Crippen LogP contribution in [0, 0.1) is 17.7 Å². The van der Waals surface area contributed by atoms with Crippen molar-refractivity contribution >= 4 is 17.5 Å². The van der Waals surface area contributed by atoms with Crippen molar-refractivity contribution in [2.24, 2.45) is 11.8 Å². The Morgan fingerprint density at radius 1 is 1.03 bits per heavy atom. The SMILES string of the molecule is CC1CCCC(NC(=O)CN2CCN(CC(=O)Nc3cccc(F)c3)CC2)C1C. The molecule has 1 saturated carbocycles. The zero-order valence-corrected chi connectivity index (χ0v) is 17.5. The number of hydrogen-bond acceptors (Lipinski definition) is 4. The molecule has 0 bridgehead atoms. The van der Waals surface area contributed by atoms with Gasteiger partial charge in [0.1, 0.15) is 5.82 Å². The summed E-state index contributed by atoms with van der Waals surface area (Å²) >= 11 is 0. The molecule has 0 spiro atoms. The summed E-state index contributed by atoms with van der Waals surface area (Å²) in [6, 6.07) is 6.19. The highest BCUT2D eigenvalue weighted by molar-refractivity contribution is 5.92. The molecule has 1 aliphatic heterocycles. The van der Waals surface area contributed by atoms with Crippen molar-refractivity contribution in [1.29, 1.82) is 0 Å². The molecule has 1 heterocycles. The van der Waals surface area contributed by atoms with Gasteiger partial charge >= 0.3 is 0 Å². The minimum Gasteiger partial charge on any atom is -0.352 e. The summed E-state index contributed by atoms with van der Waals surface area (Å²) in [5, 5.41) is 5.96. The molecule has 2 N–H and O–H groups in total. The number of nitrogens with zero attached hydrogens (tertiary/aromatic N) is 2. The number of halogens is 1. The predicted molar refractivity (Wildman–Crippen MR) is 112 cm³/mol. The summed E-state index contributed by atoms with van der Waals surface area (Å²) in [6.07, 6.45) is 3.51. The average molecular weight is 405 g/mol. The fraction of sp³-hybridized carbons (Fsp3) is 0.636. The number of piperazine rings is 1. The van der Waals surface area contributed by atoms with Gasteiger partial charge in [0, 0.05) is 37.9 Å². The Labute approximate surface area is 172 Å². The highest BCUT2D eigenvalue weighted by Crippen LogP contribution is 2.29. The van der Waals surface area contributed by atoms with Gasteiger partial charge in [0.05, 0.1) is 13.1 Å². The molecule has 3 atom stereocenters. The summed E-state index contributed by atoms with van der Waals surface area (Å²) in [4.78, 5) is 28.8. The second kappa shape index (κ2) is 10.2. The maximum atomic E-state index is 13.2. The lowest BCUT2D eigenvalue weighted by atomic mass is 9.78. The van der Waals surface area contributed by atoms with E-state index in [1.165, 1.54) is 25.0 Å². The summed E-state index contributed by atoms with van der Waals surface area (Å²) in [6.45, 7) is 8.19. The molecule has 7 heteroatoms. The van der Waals surface area contributed by atoms with Gasteiger partial charge in [-0.05, 0) is 36.5 Å². The number of carbonyl (C=O) groups is 2. The van der Waals surface area contributed by atoms with Gasteiger partial charge in [-0.1, -0.05) is 32.8 Å². The zero-order valence-electron chi connectivity index (χ0n) is 17.5. The second-order valence-electron chi connectivity index (χ2n) is 8.55. The van der Waals surface area contributed by atoms with Crippen molar-refractivity contribution in [3.63, 3.8) is 0 Å². The monoisotopic (exact) mass is 404 g/mol. The lowest BCUT2D eigenvalue weighted by Gasteiger charge is -2.36. The summed E-state index contributed by atoms with van der Waals surface area (Å²) in [5.41, 5.74) is 0.469. The predicted octanol–water partition coefficient (Wildman–Crippen LogP) is 2.32. The molecule has 1 aliphatic carbocycles. The minimum atomic E-state index is -0.369. The minimum absolute atomic E-state index is 0.105. The van der Waals surface area contributed by atoms with Crippen LogP contribution in [0.3, 0.4) is 0 Å². The van der Waals surface area contributed by atoms with E-state index < -0.39 is 0 Å². The first-order valence-electron chi connectivity index (χ1n) is 10.7. The lowest BCUT2D eigenvalue weighted by Crippen LogP contribution is -2.52. The Morgan fingerprint density at radius 3 is 2.34 bits per heavy atom. The van der Waals surface area contributed by atoms with Crippen LogP contribution in [0.1, 0.15) is 33.1 Å². The molecule has 2 amide bonds. The van der Waals surface area contributed by atoms with Crippen molar-refractivity contribution in [3.8, 4) is 0 Å². The van der Waals surface area contributed by atoms with Crippen molar-refractivity contribution in [2.45, 2.75) is 39.2 Å². The molecule has 2 aliphatic rings. The van der Waals surface area contributed by atoms with E-state index in [1.807, 2.05) is 0 Å². The standard InChI is InChI=1S/C22H33FN4O2/c1-16-5-3-8-20(17(16)2)25-22(29)15-27-11-9-26(10-12-27)14-21(28)24-19-7-4-6-18(23)13-19/h4,6-7,13,16-17,20H,3,5,8-12,14-15H2,1-2H3,(H,24,28)(H,25,29). The molecular weight excluding hydrogens is 371 g/mol. The number of nitrogens with one attached hydrogen (secondary N) is 2. The molecule has 1 aromatic rings. The zero-order chi connectivity index (χ0) is 20.8. The van der Waals surface area contributed by atoms with Crippen LogP contribution in [-0.4, -0.2) is 66.9 Å². The van der Waals surface area contributed by atoms with Crippen molar-refractivity contribution in [3.05, 3.63) is 30.1 Å². The van der Waals surface area contributed by atoms with Gasteiger partial charge in [-0.15, -0.1) is 0 Å². The average Bonchev–Trinajstić information content (AvgIpc) is 2.67. The Balaban J connectivity index is 1.36. The molecule has 2 fully saturated rings. The van der Waals surface area contributed by atoms with Crippen LogP contribution in [-0.2, 0) is 9.59 Å². The molecule has 29 heavy (non-hydrogen) atoms. The van der Waals surface area contributed by atoms with Crippen LogP contribution < -0.4 is 10.6 Å². The third-order valence-corrected chi connectivity index (χ3v) is 6.36. The number of rotatable bonds is 6. The maximum absolute atomic E-state index is 13.2. The van der Waals surface area contributed by atoms with E-state index in [-0.39, 0.29) is 24.2 Å². The molecular formula is C22H33FN4O2. The van der Waals surface area contributed by atoms with Crippen molar-refractivity contribution in [2.75, 3.05) is 44.6 Å². The highest BCUT2D eigenvalue weighted by atomic mass is 19.1. The van der Waals surface area contributed by atoms with Crippen LogP contribution in [0.5, 0.6) is 0 Å². The first-order chi connectivity index (χ1) is 13.9. The van der Waals surface area contributed by atoms with Crippen LogP contribution >= 0.6 is 0 Å². The Kier molecular flexibility index (Phi) is 7.61. The Morgan fingerprint density at radius 2 is 1.69 bits per heavy atom. The highest BCUT2D eigenvalue weighted by Gasteiger charge is 2.29. The summed E-state index contributed by atoms with van der Waals surface area (Å²) in [5.74, 6) is 0.777. The number of hydrogen-bond donors (Lipinski definition) is 2. The number of benzene rings is 1. The van der Waals surface area contributed by atoms with Crippen molar-refractivity contribution < 1.29 is 14.0 Å². The molecule has 1 aromatic carbocycles. The van der Waals surface area contributed by atoms with Gasteiger partial charge in [-0.25, -0.2) is 4.39 Å². The summed E-state index contributed by atoms with van der Waals surface area (Å²) < 4.78 is 13.2. The van der Waals surface area contributed by atoms with Gasteiger partial charge in [0.15, 0.2) is 0 Å². The first-order valence-corrected chi connectivity index (χ1v) is 10.7. The number of anilines is 1. The van der Waals surface area contributed by atoms with Crippen LogP contribution in [0.25, 0.3) is 0 Å². The first kappa shape index (κ1) is 21.7. The topological polar surface area (TPSA) is 64.7 Å². The Bertz CT molecular complexity index is 706. The fourth-order valence-electron chi connectivity index (χ4n) is 4.32. The number of carbonyl (C=O) groups excluding carboxylic acids is 2. The summed E-state index contributed by atoms with van der Waals surface area (Å²) in [7, 11) is 0. The van der Waals surface area contributed by atoms with E-state index in [1.54, 1.807) is 12.1 Å². The van der Waals surface area contributed by atoms with E-state index in [4.69, 9.17) is 0 Å². The smallest absolute Gasteiger partial charge is 0.238 e. The quantitative estimate of drug-likeness (QED) is 0.764. The molecule has 1 saturated heterocycles. The van der Waals surface area contributed by atoms with E-state index in [2.05, 4.69) is 34.3 Å². The maximum Gasteiger partial charge on any atom is 0.238 e. The van der Waals surface area contributed by atoms with E-state index in [9.17, 15) is 14.0 Å². The lowest BCUT2D eigenvalue weighted by molar-refractivity contribution is -0.124. The van der Waals surface area contributed by atoms with Gasteiger partial charge in [-0.3, -0.25) is 19.4 Å². The van der Waals surface area contributed by atoms with E-state index >= 15 is 0 Å². The van der Waals surface area contributed by atoms with Gasteiger partial charge in [-0.2, -0.15) is 0 Å². The second-order valence-corrected chi connectivity index (χ2v) is 8.55. The third kappa shape index (κ3) is 6.51. The molecule has 6 nitrogen and oxygen atoms in total. The van der Waals surface area contributed by atoms with Gasteiger partial charge in [0.25, 0.3) is 0 Å². The van der Waals surface area contributed by atoms with Gasteiger partial charge in [0.2, 0.25) is 11.8 Å². The molecule has 0 radical (unpaired) electrons. The van der Waals surface area contributed by atoms with E-state index in [0.29, 0.717) is 30.1 Å². The number of amides is 2. The van der Waals surface area contributed by atoms with Crippen molar-refractivity contribution in [1.82, 2.24) is 15.1 Å². The molecule has 0 aromatic heterocycles. The third-order valence-electron chi connectivity index (χ3n) is 6.36. The molecule has 160 valence electrons. The van der Waals surface area contributed by atoms with Gasteiger partial charge < -0.3 is 10.6 Å². The van der Waals surface area contributed by atoms with Crippen LogP contribution in [0.2, 0.25) is 0 Å². The normalized spacial score (nSPS) is 26.1. The van der Waals surface area contributed by atoms with E-state index in [0.717, 1.165) is 32.6 Å².